The van der Waals surface area contributed by atoms with Crippen molar-refractivity contribution in [3.05, 3.63) is 22.3 Å². The third-order valence-electron chi connectivity index (χ3n) is 3.75. The maximum Gasteiger partial charge on any atom is 0.133 e. The number of pyridine rings is 1. The highest BCUT2D eigenvalue weighted by Crippen LogP contribution is 2.21. The average Bonchev–Trinajstić information content (AvgIpc) is 2.49. The Morgan fingerprint density at radius 1 is 1.14 bits per heavy atom. The second kappa shape index (κ2) is 10.1. The monoisotopic (exact) mass is 356 g/mol. The number of anilines is 1. The van der Waals surface area contributed by atoms with Crippen molar-refractivity contribution in [2.75, 3.05) is 44.7 Å². The van der Waals surface area contributed by atoms with E-state index in [1.807, 2.05) is 13.2 Å². The van der Waals surface area contributed by atoms with Gasteiger partial charge >= 0.3 is 0 Å². The van der Waals surface area contributed by atoms with Gasteiger partial charge < -0.3 is 15.1 Å². The largest absolute Gasteiger partial charge is 0.357 e. The van der Waals surface area contributed by atoms with Gasteiger partial charge in [0.05, 0.1) is 0 Å². The molecule has 1 aromatic rings. The summed E-state index contributed by atoms with van der Waals surface area (Å²) in [5, 5.41) is 3.23. The van der Waals surface area contributed by atoms with Gasteiger partial charge in [0, 0.05) is 35.9 Å². The van der Waals surface area contributed by atoms with Gasteiger partial charge in [0.25, 0.3) is 0 Å². The van der Waals surface area contributed by atoms with E-state index >= 15 is 0 Å². The summed E-state index contributed by atoms with van der Waals surface area (Å²) < 4.78 is 1.04. The van der Waals surface area contributed by atoms with Crippen molar-refractivity contribution in [3.63, 3.8) is 0 Å². The first-order chi connectivity index (χ1) is 10.2. The average molecular weight is 357 g/mol. The second-order valence-corrected chi connectivity index (χ2v) is 6.04. The number of nitrogens with one attached hydrogen (secondary N) is 1. The van der Waals surface area contributed by atoms with Crippen molar-refractivity contribution >= 4 is 21.7 Å². The molecular formula is C16H29BrN4. The number of rotatable bonds is 10. The van der Waals surface area contributed by atoms with Crippen LogP contribution in [-0.2, 0) is 6.54 Å². The summed E-state index contributed by atoms with van der Waals surface area (Å²) in [7, 11) is 1.97. The number of hydrogen-bond acceptors (Lipinski definition) is 4. The van der Waals surface area contributed by atoms with Crippen LogP contribution in [0.15, 0.2) is 16.7 Å². The van der Waals surface area contributed by atoms with Crippen LogP contribution in [0.25, 0.3) is 0 Å². The van der Waals surface area contributed by atoms with Crippen molar-refractivity contribution in [3.8, 4) is 0 Å². The van der Waals surface area contributed by atoms with Gasteiger partial charge in [0.2, 0.25) is 0 Å². The van der Waals surface area contributed by atoms with Gasteiger partial charge in [-0.05, 0) is 62.0 Å². The maximum atomic E-state index is 4.63. The Balaban J connectivity index is 2.71. The third-order valence-corrected chi connectivity index (χ3v) is 4.19. The lowest BCUT2D eigenvalue weighted by atomic mass is 10.2. The maximum absolute atomic E-state index is 4.63. The van der Waals surface area contributed by atoms with E-state index in [1.165, 1.54) is 12.0 Å². The highest BCUT2D eigenvalue weighted by Gasteiger charge is 2.12. The molecular weight excluding hydrogens is 328 g/mol. The molecule has 0 radical (unpaired) electrons. The molecule has 0 saturated carbocycles. The van der Waals surface area contributed by atoms with Gasteiger partial charge in [-0.25, -0.2) is 4.98 Å². The van der Waals surface area contributed by atoms with Crippen LogP contribution in [0.2, 0.25) is 0 Å². The minimum atomic E-state index is 0.842. The summed E-state index contributed by atoms with van der Waals surface area (Å²) in [4.78, 5) is 9.48. The van der Waals surface area contributed by atoms with Crippen LogP contribution in [-0.4, -0.2) is 49.7 Å². The van der Waals surface area contributed by atoms with E-state index < -0.39 is 0 Å². The number of nitrogens with zero attached hydrogens (tertiary/aromatic N) is 3. The fraction of sp³-hybridized carbons (Fsp3) is 0.688. The van der Waals surface area contributed by atoms with Gasteiger partial charge in [-0.2, -0.15) is 0 Å². The standard InChI is InChI=1S/C16H29BrN4/c1-5-20(6-2)9-8-10-21(7-3)16-14(12-18-4)11-15(17)13-19-16/h11,13,18H,5-10,12H2,1-4H3. The first-order valence-electron chi connectivity index (χ1n) is 7.92. The van der Waals surface area contributed by atoms with Crippen molar-refractivity contribution in [1.29, 1.82) is 0 Å². The smallest absolute Gasteiger partial charge is 0.133 e. The van der Waals surface area contributed by atoms with Crippen LogP contribution in [0.5, 0.6) is 0 Å². The molecule has 4 nitrogen and oxygen atoms in total. The summed E-state index contributed by atoms with van der Waals surface area (Å²) in [6.45, 7) is 12.9. The van der Waals surface area contributed by atoms with Gasteiger partial charge in [0.1, 0.15) is 5.82 Å². The summed E-state index contributed by atoms with van der Waals surface area (Å²) in [6, 6.07) is 2.16. The predicted octanol–water partition coefficient (Wildman–Crippen LogP) is 3.12. The van der Waals surface area contributed by atoms with Crippen LogP contribution < -0.4 is 10.2 Å². The molecule has 0 fully saturated rings. The van der Waals surface area contributed by atoms with Crippen LogP contribution in [0.3, 0.4) is 0 Å². The van der Waals surface area contributed by atoms with Crippen LogP contribution in [0, 0.1) is 0 Å². The quantitative estimate of drug-likeness (QED) is 0.697. The lowest BCUT2D eigenvalue weighted by molar-refractivity contribution is 0.300. The molecule has 1 rings (SSSR count). The zero-order valence-corrected chi connectivity index (χ0v) is 15.4. The molecule has 0 atom stereocenters. The lowest BCUT2D eigenvalue weighted by Crippen LogP contribution is -2.31. The fourth-order valence-electron chi connectivity index (χ4n) is 2.52. The molecule has 1 N–H and O–H groups in total. The number of aromatic nitrogens is 1. The minimum Gasteiger partial charge on any atom is -0.357 e. The first-order valence-corrected chi connectivity index (χ1v) is 8.71. The molecule has 1 heterocycles. The van der Waals surface area contributed by atoms with Crippen molar-refractivity contribution in [2.45, 2.75) is 33.7 Å². The summed E-state index contributed by atoms with van der Waals surface area (Å²) in [6.07, 6.45) is 3.06. The first kappa shape index (κ1) is 18.4. The van der Waals surface area contributed by atoms with Gasteiger partial charge in [-0.15, -0.1) is 0 Å². The molecule has 21 heavy (non-hydrogen) atoms. The molecule has 0 aliphatic rings. The fourth-order valence-corrected chi connectivity index (χ4v) is 2.90. The Bertz CT molecular complexity index is 407. The van der Waals surface area contributed by atoms with E-state index in [0.29, 0.717) is 0 Å². The molecule has 0 amide bonds. The molecule has 0 spiro atoms. The lowest BCUT2D eigenvalue weighted by Gasteiger charge is -2.26. The summed E-state index contributed by atoms with van der Waals surface area (Å²) >= 11 is 3.51. The highest BCUT2D eigenvalue weighted by molar-refractivity contribution is 9.10. The van der Waals surface area contributed by atoms with E-state index in [1.54, 1.807) is 0 Å². The molecule has 0 aliphatic heterocycles. The molecule has 120 valence electrons. The zero-order chi connectivity index (χ0) is 15.7. The summed E-state index contributed by atoms with van der Waals surface area (Å²) in [5.41, 5.74) is 1.25. The number of hydrogen-bond donors (Lipinski definition) is 1. The molecule has 0 aromatic carbocycles. The zero-order valence-electron chi connectivity index (χ0n) is 13.8. The number of halogens is 1. The minimum absolute atomic E-state index is 0.842. The van der Waals surface area contributed by atoms with Gasteiger partial charge in [-0.1, -0.05) is 13.8 Å². The van der Waals surface area contributed by atoms with E-state index in [0.717, 1.165) is 49.6 Å². The molecule has 0 unspecified atom stereocenters. The Hall–Kier alpha value is -0.650. The molecule has 0 aliphatic carbocycles. The molecule has 1 aromatic heterocycles. The topological polar surface area (TPSA) is 31.4 Å². The van der Waals surface area contributed by atoms with Crippen LogP contribution >= 0.6 is 15.9 Å². The van der Waals surface area contributed by atoms with Crippen molar-refractivity contribution in [2.24, 2.45) is 0 Å². The third kappa shape index (κ3) is 5.93. The van der Waals surface area contributed by atoms with E-state index in [4.69, 9.17) is 0 Å². The van der Waals surface area contributed by atoms with E-state index in [-0.39, 0.29) is 0 Å². The Kier molecular flexibility index (Phi) is 8.88. The van der Waals surface area contributed by atoms with Gasteiger partial charge in [-0.3, -0.25) is 0 Å². The predicted molar refractivity (Wildman–Crippen MR) is 95.0 cm³/mol. The van der Waals surface area contributed by atoms with Crippen LogP contribution in [0.4, 0.5) is 5.82 Å². The van der Waals surface area contributed by atoms with Gasteiger partial charge in [0.15, 0.2) is 0 Å². The van der Waals surface area contributed by atoms with Crippen LogP contribution in [0.1, 0.15) is 32.8 Å². The highest BCUT2D eigenvalue weighted by atomic mass is 79.9. The van der Waals surface area contributed by atoms with Crippen molar-refractivity contribution in [1.82, 2.24) is 15.2 Å². The second-order valence-electron chi connectivity index (χ2n) is 5.13. The Morgan fingerprint density at radius 2 is 1.86 bits per heavy atom. The Labute approximate surface area is 138 Å². The van der Waals surface area contributed by atoms with E-state index in [9.17, 15) is 0 Å². The molecule has 5 heteroatoms. The normalized spacial score (nSPS) is 11.1. The van der Waals surface area contributed by atoms with E-state index in [2.05, 4.69) is 62.9 Å². The SMILES string of the molecule is CCN(CC)CCCN(CC)c1ncc(Br)cc1CNC. The summed E-state index contributed by atoms with van der Waals surface area (Å²) in [5.74, 6) is 1.11. The van der Waals surface area contributed by atoms with Crippen molar-refractivity contribution < 1.29 is 0 Å². The molecule has 0 saturated heterocycles. The Morgan fingerprint density at radius 3 is 2.43 bits per heavy atom. The molecule has 0 bridgehead atoms.